The molecule has 2 aromatic heterocycles. The second-order valence-electron chi connectivity index (χ2n) is 8.51. The van der Waals surface area contributed by atoms with Gasteiger partial charge in [0, 0.05) is 23.9 Å². The molecule has 10 nitrogen and oxygen atoms in total. The Hall–Kier alpha value is -4.48. The molecule has 0 atom stereocenters. The predicted molar refractivity (Wildman–Crippen MR) is 151 cm³/mol. The van der Waals surface area contributed by atoms with Gasteiger partial charge in [-0.2, -0.15) is 4.98 Å². The van der Waals surface area contributed by atoms with Gasteiger partial charge in [0.2, 0.25) is 23.6 Å². The molecule has 2 heterocycles. The number of ether oxygens (including phenoxy) is 2. The summed E-state index contributed by atoms with van der Waals surface area (Å²) < 4.78 is 12.7. The lowest BCUT2D eigenvalue weighted by Crippen LogP contribution is -2.17. The summed E-state index contributed by atoms with van der Waals surface area (Å²) in [4.78, 5) is 31.8. The number of amides is 2. The monoisotopic (exact) mass is 547 g/mol. The predicted octanol–water partition coefficient (Wildman–Crippen LogP) is 6.19. The molecular formula is C28H29N5O5S. The quantitative estimate of drug-likeness (QED) is 0.0636. The number of aromatic nitrogens is 2. The number of hydrogen-bond donors (Lipinski definition) is 4. The Kier molecular flexibility index (Phi) is 9.81. The fraction of sp³-hybridized carbons (Fsp3) is 0.214. The maximum atomic E-state index is 11.6. The molecule has 0 spiro atoms. The van der Waals surface area contributed by atoms with Gasteiger partial charge in [-0.3, -0.25) is 14.8 Å². The fourth-order valence-electron chi connectivity index (χ4n) is 3.65. The van der Waals surface area contributed by atoms with E-state index in [2.05, 4.69) is 27.2 Å². The van der Waals surface area contributed by atoms with Gasteiger partial charge in [0.1, 0.15) is 16.2 Å². The van der Waals surface area contributed by atoms with E-state index in [1.165, 1.54) is 17.4 Å². The minimum absolute atomic E-state index is 0.306. The molecule has 0 radical (unpaired) electrons. The Balaban J connectivity index is 1.34. The van der Waals surface area contributed by atoms with Crippen molar-refractivity contribution in [3.63, 3.8) is 0 Å². The normalized spacial score (nSPS) is 10.6. The molecule has 2 aromatic carbocycles. The number of hydroxylamine groups is 1. The summed E-state index contributed by atoms with van der Waals surface area (Å²) in [5.41, 5.74) is 3.77. The molecule has 0 saturated carbocycles. The summed E-state index contributed by atoms with van der Waals surface area (Å²) in [5, 5.41) is 16.4. The first kappa shape index (κ1) is 27.6. The highest BCUT2D eigenvalue weighted by Gasteiger charge is 2.12. The zero-order chi connectivity index (χ0) is 27.5. The third-order valence-corrected chi connectivity index (χ3v) is 6.47. The molecule has 39 heavy (non-hydrogen) atoms. The van der Waals surface area contributed by atoms with Crippen LogP contribution in [-0.4, -0.2) is 33.6 Å². The smallest absolute Gasteiger partial charge is 0.247 e. The van der Waals surface area contributed by atoms with Crippen molar-refractivity contribution in [3.05, 3.63) is 72.6 Å². The van der Waals surface area contributed by atoms with Gasteiger partial charge in [0.15, 0.2) is 0 Å². The Bertz CT molecular complexity index is 1420. The first-order valence-electron chi connectivity index (χ1n) is 12.4. The van der Waals surface area contributed by atoms with Crippen molar-refractivity contribution in [1.29, 1.82) is 0 Å². The molecule has 4 N–H and O–H groups in total. The van der Waals surface area contributed by atoms with Crippen LogP contribution in [0, 0.1) is 0 Å². The standard InChI is InChI=1S/C28H29N5O5S/c1-2-24(34)29-20-8-7-9-22(18-20)38-27-26-23(15-17-39-26)31-28(32-27)30-19-11-13-21(14-12-19)37-16-6-4-3-5-10-25(35)33-36/h2,7-9,11-15,17-18,36H,1,3-6,10,16H2,(H,29,34)(H,33,35)(H,30,31,32). The van der Waals surface area contributed by atoms with Crippen LogP contribution in [0.4, 0.5) is 17.3 Å². The Morgan fingerprint density at radius 1 is 0.974 bits per heavy atom. The van der Waals surface area contributed by atoms with E-state index in [-0.39, 0.29) is 11.8 Å². The molecule has 0 saturated heterocycles. The van der Waals surface area contributed by atoms with Crippen LogP contribution in [-0.2, 0) is 9.59 Å². The Morgan fingerprint density at radius 2 is 1.79 bits per heavy atom. The van der Waals surface area contributed by atoms with Crippen molar-refractivity contribution in [3.8, 4) is 17.4 Å². The molecule has 4 aromatic rings. The number of thiophene rings is 1. The lowest BCUT2D eigenvalue weighted by atomic mass is 10.1. The van der Waals surface area contributed by atoms with Gasteiger partial charge in [-0.15, -0.1) is 11.3 Å². The van der Waals surface area contributed by atoms with E-state index in [9.17, 15) is 9.59 Å². The van der Waals surface area contributed by atoms with E-state index in [1.54, 1.807) is 29.7 Å². The highest BCUT2D eigenvalue weighted by Crippen LogP contribution is 2.33. The number of unbranched alkanes of at least 4 members (excludes halogenated alkanes) is 3. The van der Waals surface area contributed by atoms with Gasteiger partial charge in [-0.25, -0.2) is 10.5 Å². The first-order chi connectivity index (χ1) is 19.0. The molecule has 0 aliphatic carbocycles. The van der Waals surface area contributed by atoms with E-state index in [1.807, 2.05) is 35.7 Å². The van der Waals surface area contributed by atoms with Crippen LogP contribution in [0.15, 0.2) is 72.6 Å². The van der Waals surface area contributed by atoms with E-state index >= 15 is 0 Å². The maximum absolute atomic E-state index is 11.6. The molecule has 0 aliphatic rings. The molecule has 0 fully saturated rings. The minimum Gasteiger partial charge on any atom is -0.494 e. The number of fused-ring (bicyclic) bond motifs is 1. The number of carbonyl (C=O) groups is 2. The number of nitrogens with one attached hydrogen (secondary N) is 3. The van der Waals surface area contributed by atoms with Crippen molar-refractivity contribution in [2.24, 2.45) is 0 Å². The van der Waals surface area contributed by atoms with Gasteiger partial charge in [0.25, 0.3) is 0 Å². The third-order valence-electron chi connectivity index (χ3n) is 5.58. The summed E-state index contributed by atoms with van der Waals surface area (Å²) >= 11 is 1.48. The zero-order valence-corrected chi connectivity index (χ0v) is 22.0. The molecule has 0 unspecified atom stereocenters. The SMILES string of the molecule is C=CC(=O)Nc1cccc(Oc2nc(Nc3ccc(OCCCCCCC(=O)NO)cc3)nc3ccsc23)c1. The van der Waals surface area contributed by atoms with Gasteiger partial charge in [0.05, 0.1) is 12.1 Å². The largest absolute Gasteiger partial charge is 0.494 e. The zero-order valence-electron chi connectivity index (χ0n) is 21.2. The highest BCUT2D eigenvalue weighted by molar-refractivity contribution is 7.17. The van der Waals surface area contributed by atoms with Crippen molar-refractivity contribution >= 4 is 50.7 Å². The van der Waals surface area contributed by atoms with Crippen molar-refractivity contribution in [2.75, 3.05) is 17.2 Å². The lowest BCUT2D eigenvalue weighted by Gasteiger charge is -2.11. The van der Waals surface area contributed by atoms with E-state index < -0.39 is 0 Å². The van der Waals surface area contributed by atoms with E-state index in [4.69, 9.17) is 14.7 Å². The second kappa shape index (κ2) is 13.9. The maximum Gasteiger partial charge on any atom is 0.247 e. The lowest BCUT2D eigenvalue weighted by molar-refractivity contribution is -0.129. The van der Waals surface area contributed by atoms with Crippen molar-refractivity contribution in [2.45, 2.75) is 32.1 Å². The fourth-order valence-corrected chi connectivity index (χ4v) is 4.41. The van der Waals surface area contributed by atoms with Crippen LogP contribution < -0.4 is 25.6 Å². The summed E-state index contributed by atoms with van der Waals surface area (Å²) in [5.74, 6) is 1.40. The molecule has 0 aliphatic heterocycles. The van der Waals surface area contributed by atoms with Crippen LogP contribution in [0.5, 0.6) is 17.4 Å². The molecular weight excluding hydrogens is 518 g/mol. The molecule has 11 heteroatoms. The topological polar surface area (TPSA) is 135 Å². The van der Waals surface area contributed by atoms with Gasteiger partial charge in [-0.1, -0.05) is 25.5 Å². The molecule has 202 valence electrons. The first-order valence-corrected chi connectivity index (χ1v) is 13.3. The summed E-state index contributed by atoms with van der Waals surface area (Å²) in [7, 11) is 0. The van der Waals surface area contributed by atoms with E-state index in [0.717, 1.165) is 47.3 Å². The van der Waals surface area contributed by atoms with Gasteiger partial charge >= 0.3 is 0 Å². The van der Waals surface area contributed by atoms with Crippen LogP contribution in [0.3, 0.4) is 0 Å². The van der Waals surface area contributed by atoms with Gasteiger partial charge < -0.3 is 20.1 Å². The van der Waals surface area contributed by atoms with Crippen LogP contribution in [0.25, 0.3) is 10.2 Å². The van der Waals surface area contributed by atoms with E-state index in [0.29, 0.717) is 36.3 Å². The van der Waals surface area contributed by atoms with Gasteiger partial charge in [-0.05, 0) is 66.8 Å². The number of anilines is 3. The Morgan fingerprint density at radius 3 is 2.59 bits per heavy atom. The number of benzene rings is 2. The highest BCUT2D eigenvalue weighted by atomic mass is 32.1. The average molecular weight is 548 g/mol. The molecule has 2 amide bonds. The summed E-state index contributed by atoms with van der Waals surface area (Å²) in [6, 6.07) is 16.5. The molecule has 0 bridgehead atoms. The minimum atomic E-state index is -0.356. The number of nitrogens with zero attached hydrogens (tertiary/aromatic N) is 2. The second-order valence-corrected chi connectivity index (χ2v) is 9.42. The summed E-state index contributed by atoms with van der Waals surface area (Å²) in [6.45, 7) is 4.05. The van der Waals surface area contributed by atoms with Crippen LogP contribution in [0.1, 0.15) is 32.1 Å². The number of rotatable bonds is 14. The number of hydrogen-bond acceptors (Lipinski definition) is 9. The van der Waals surface area contributed by atoms with Crippen LogP contribution >= 0.6 is 11.3 Å². The average Bonchev–Trinajstić information content (AvgIpc) is 3.42. The summed E-state index contributed by atoms with van der Waals surface area (Å²) in [6.07, 6.45) is 4.99. The molecule has 4 rings (SSSR count). The van der Waals surface area contributed by atoms with Crippen molar-refractivity contribution < 1.29 is 24.3 Å². The van der Waals surface area contributed by atoms with Crippen molar-refractivity contribution in [1.82, 2.24) is 15.4 Å². The van der Waals surface area contributed by atoms with Crippen LogP contribution in [0.2, 0.25) is 0 Å². The Labute approximate surface area is 229 Å². The number of carbonyl (C=O) groups excluding carboxylic acids is 2. The third kappa shape index (κ3) is 8.25.